The molecule has 5 nitrogen and oxygen atoms in total. The number of anilines is 2. The van der Waals surface area contributed by atoms with E-state index in [-0.39, 0.29) is 12.2 Å². The van der Waals surface area contributed by atoms with Crippen molar-refractivity contribution >= 4 is 11.9 Å². The van der Waals surface area contributed by atoms with Gasteiger partial charge in [0.05, 0.1) is 6.42 Å². The third-order valence-electron chi connectivity index (χ3n) is 2.09. The Balaban J connectivity index is 2.96. The van der Waals surface area contributed by atoms with Crippen LogP contribution in [-0.4, -0.2) is 49.3 Å². The molecule has 0 N–H and O–H groups in total. The summed E-state index contributed by atoms with van der Waals surface area (Å²) in [6.07, 6.45) is -5.38. The van der Waals surface area contributed by atoms with Gasteiger partial charge in [-0.3, -0.25) is 0 Å². The van der Waals surface area contributed by atoms with Crippen molar-refractivity contribution in [1.82, 2.24) is 15.0 Å². The molecule has 1 rings (SSSR count). The van der Waals surface area contributed by atoms with Crippen molar-refractivity contribution in [2.75, 3.05) is 38.0 Å². The van der Waals surface area contributed by atoms with Gasteiger partial charge in [0.1, 0.15) is 5.82 Å². The van der Waals surface area contributed by atoms with Crippen molar-refractivity contribution in [2.24, 2.45) is 0 Å². The molecule has 0 saturated carbocycles. The van der Waals surface area contributed by atoms with Crippen LogP contribution in [0.4, 0.5) is 25.1 Å². The normalized spacial score (nSPS) is 11.5. The summed E-state index contributed by atoms with van der Waals surface area (Å²) in [4.78, 5) is 15.4. The largest absolute Gasteiger partial charge is 0.389 e. The standard InChI is InChI=1S/C10H16F3N5/c1-17(2)8-14-7(5-6-10(11,12)13)15-9(16-8)18(3)4/h5-6H2,1-4H3. The first-order valence-electron chi connectivity index (χ1n) is 5.35. The van der Waals surface area contributed by atoms with Crippen LogP contribution in [0.15, 0.2) is 0 Å². The highest BCUT2D eigenvalue weighted by Crippen LogP contribution is 2.22. The number of hydrogen-bond acceptors (Lipinski definition) is 5. The molecular formula is C10H16F3N5. The van der Waals surface area contributed by atoms with Crippen molar-refractivity contribution in [2.45, 2.75) is 19.0 Å². The molecule has 1 aromatic heterocycles. The van der Waals surface area contributed by atoms with E-state index < -0.39 is 12.6 Å². The average Bonchev–Trinajstić information content (AvgIpc) is 2.25. The van der Waals surface area contributed by atoms with E-state index in [9.17, 15) is 13.2 Å². The summed E-state index contributed by atoms with van der Waals surface area (Å²) in [5.41, 5.74) is 0. The van der Waals surface area contributed by atoms with E-state index in [1.54, 1.807) is 38.0 Å². The van der Waals surface area contributed by atoms with Crippen LogP contribution in [0.1, 0.15) is 12.2 Å². The summed E-state index contributed by atoms with van der Waals surface area (Å²) >= 11 is 0. The molecule has 0 fully saturated rings. The summed E-state index contributed by atoms with van der Waals surface area (Å²) in [5, 5.41) is 0. The van der Waals surface area contributed by atoms with Gasteiger partial charge in [-0.1, -0.05) is 0 Å². The van der Waals surface area contributed by atoms with Crippen LogP contribution < -0.4 is 9.80 Å². The number of aromatic nitrogens is 3. The maximum absolute atomic E-state index is 12.2. The highest BCUT2D eigenvalue weighted by molar-refractivity contribution is 5.36. The predicted octanol–water partition coefficient (Wildman–Crippen LogP) is 1.50. The van der Waals surface area contributed by atoms with Crippen LogP contribution >= 0.6 is 0 Å². The fraction of sp³-hybridized carbons (Fsp3) is 0.700. The summed E-state index contributed by atoms with van der Waals surface area (Å²) in [6, 6.07) is 0. The van der Waals surface area contributed by atoms with E-state index in [1.807, 2.05) is 0 Å². The van der Waals surface area contributed by atoms with Crippen molar-refractivity contribution < 1.29 is 13.2 Å². The Labute approximate surface area is 104 Å². The summed E-state index contributed by atoms with van der Waals surface area (Å²) < 4.78 is 36.5. The summed E-state index contributed by atoms with van der Waals surface area (Å²) in [6.45, 7) is 0. The van der Waals surface area contributed by atoms with Gasteiger partial charge in [-0.25, -0.2) is 0 Å². The second kappa shape index (κ2) is 5.36. The highest BCUT2D eigenvalue weighted by atomic mass is 19.4. The Kier molecular flexibility index (Phi) is 4.31. The lowest BCUT2D eigenvalue weighted by Gasteiger charge is -2.16. The van der Waals surface area contributed by atoms with Crippen LogP contribution in [0.3, 0.4) is 0 Å². The fourth-order valence-corrected chi connectivity index (χ4v) is 1.16. The lowest BCUT2D eigenvalue weighted by atomic mass is 10.3. The maximum Gasteiger partial charge on any atom is 0.389 e. The Bertz CT molecular complexity index is 377. The zero-order chi connectivity index (χ0) is 13.9. The molecule has 0 saturated heterocycles. The minimum Gasteiger partial charge on any atom is -0.347 e. The van der Waals surface area contributed by atoms with E-state index in [0.717, 1.165) is 0 Å². The topological polar surface area (TPSA) is 45.2 Å². The number of hydrogen-bond donors (Lipinski definition) is 0. The molecule has 0 aliphatic carbocycles. The van der Waals surface area contributed by atoms with E-state index in [2.05, 4.69) is 15.0 Å². The van der Waals surface area contributed by atoms with Gasteiger partial charge in [0.2, 0.25) is 11.9 Å². The van der Waals surface area contributed by atoms with E-state index >= 15 is 0 Å². The van der Waals surface area contributed by atoms with E-state index in [0.29, 0.717) is 11.9 Å². The van der Waals surface area contributed by atoms with Gasteiger partial charge in [0.15, 0.2) is 0 Å². The smallest absolute Gasteiger partial charge is 0.347 e. The van der Waals surface area contributed by atoms with Gasteiger partial charge in [-0.2, -0.15) is 28.1 Å². The van der Waals surface area contributed by atoms with Gasteiger partial charge in [-0.05, 0) is 0 Å². The van der Waals surface area contributed by atoms with Crippen LogP contribution in [0.2, 0.25) is 0 Å². The third-order valence-corrected chi connectivity index (χ3v) is 2.09. The molecule has 0 aliphatic rings. The van der Waals surface area contributed by atoms with Gasteiger partial charge in [0, 0.05) is 34.6 Å². The lowest BCUT2D eigenvalue weighted by Crippen LogP contribution is -2.20. The van der Waals surface area contributed by atoms with Crippen molar-refractivity contribution in [1.29, 1.82) is 0 Å². The monoisotopic (exact) mass is 263 g/mol. The zero-order valence-electron chi connectivity index (χ0n) is 10.8. The predicted molar refractivity (Wildman–Crippen MR) is 62.9 cm³/mol. The minimum absolute atomic E-state index is 0.148. The van der Waals surface area contributed by atoms with E-state index in [1.165, 1.54) is 0 Å². The van der Waals surface area contributed by atoms with Crippen LogP contribution in [-0.2, 0) is 6.42 Å². The highest BCUT2D eigenvalue weighted by Gasteiger charge is 2.27. The molecule has 1 aromatic rings. The molecule has 0 atom stereocenters. The Hall–Kier alpha value is -1.60. The third kappa shape index (κ3) is 4.34. The first-order valence-corrected chi connectivity index (χ1v) is 5.35. The molecule has 0 amide bonds. The molecule has 0 aliphatic heterocycles. The number of aryl methyl sites for hydroxylation is 1. The van der Waals surface area contributed by atoms with Crippen molar-refractivity contribution in [3.63, 3.8) is 0 Å². The number of halogens is 3. The number of rotatable bonds is 4. The van der Waals surface area contributed by atoms with Crippen LogP contribution in [0, 0.1) is 0 Å². The molecular weight excluding hydrogens is 247 g/mol. The van der Waals surface area contributed by atoms with Crippen LogP contribution in [0.5, 0.6) is 0 Å². The van der Waals surface area contributed by atoms with E-state index in [4.69, 9.17) is 0 Å². The van der Waals surface area contributed by atoms with Gasteiger partial charge in [-0.15, -0.1) is 0 Å². The molecule has 0 spiro atoms. The molecule has 0 aromatic carbocycles. The SMILES string of the molecule is CN(C)c1nc(CCC(F)(F)F)nc(N(C)C)n1. The second-order valence-electron chi connectivity index (χ2n) is 4.26. The van der Waals surface area contributed by atoms with Gasteiger partial charge < -0.3 is 9.80 Å². The summed E-state index contributed by atoms with van der Waals surface area (Å²) in [7, 11) is 6.90. The molecule has 0 bridgehead atoms. The Morgan fingerprint density at radius 3 is 1.67 bits per heavy atom. The number of nitrogens with zero attached hydrogens (tertiary/aromatic N) is 5. The van der Waals surface area contributed by atoms with Gasteiger partial charge in [0.25, 0.3) is 0 Å². The Morgan fingerprint density at radius 2 is 1.33 bits per heavy atom. The van der Waals surface area contributed by atoms with Crippen LogP contribution in [0.25, 0.3) is 0 Å². The minimum atomic E-state index is -4.21. The van der Waals surface area contributed by atoms with Crippen molar-refractivity contribution in [3.05, 3.63) is 5.82 Å². The Morgan fingerprint density at radius 1 is 0.889 bits per heavy atom. The molecule has 8 heteroatoms. The molecule has 102 valence electrons. The first kappa shape index (κ1) is 14.5. The maximum atomic E-state index is 12.2. The molecule has 18 heavy (non-hydrogen) atoms. The zero-order valence-corrected chi connectivity index (χ0v) is 10.8. The summed E-state index contributed by atoms with van der Waals surface area (Å²) in [5.74, 6) is 0.853. The molecule has 0 radical (unpaired) electrons. The first-order chi connectivity index (χ1) is 8.19. The fourth-order valence-electron chi connectivity index (χ4n) is 1.16. The van der Waals surface area contributed by atoms with Gasteiger partial charge >= 0.3 is 6.18 Å². The quantitative estimate of drug-likeness (QED) is 0.823. The number of alkyl halides is 3. The molecule has 1 heterocycles. The van der Waals surface area contributed by atoms with Crippen molar-refractivity contribution in [3.8, 4) is 0 Å². The molecule has 0 unspecified atom stereocenters. The lowest BCUT2D eigenvalue weighted by molar-refractivity contribution is -0.134. The average molecular weight is 263 g/mol. The second-order valence-corrected chi connectivity index (χ2v) is 4.26.